The summed E-state index contributed by atoms with van der Waals surface area (Å²) in [6.07, 6.45) is 5.36. The highest BCUT2D eigenvalue weighted by molar-refractivity contribution is 4.94. The van der Waals surface area contributed by atoms with E-state index in [-0.39, 0.29) is 12.7 Å². The fraction of sp³-hybridized carbons (Fsp3) is 0.778. The normalized spacial score (nSPS) is 38.6. The van der Waals surface area contributed by atoms with Crippen molar-refractivity contribution in [1.82, 2.24) is 0 Å². The lowest BCUT2D eigenvalue weighted by molar-refractivity contribution is 0.0721. The van der Waals surface area contributed by atoms with Crippen LogP contribution in [0.5, 0.6) is 0 Å². The highest BCUT2D eigenvalue weighted by Gasteiger charge is 2.26. The molecule has 0 aromatic carbocycles. The molecule has 0 aromatic heterocycles. The van der Waals surface area contributed by atoms with Crippen molar-refractivity contribution in [2.45, 2.75) is 32.5 Å². The van der Waals surface area contributed by atoms with Gasteiger partial charge in [0, 0.05) is 0 Å². The monoisotopic (exact) mass is 156 g/mol. The Hall–Kier alpha value is -0.340. The van der Waals surface area contributed by atoms with Crippen LogP contribution in [0.3, 0.4) is 0 Å². The van der Waals surface area contributed by atoms with Crippen molar-refractivity contribution in [3.8, 4) is 0 Å². The van der Waals surface area contributed by atoms with Gasteiger partial charge in [0.1, 0.15) is 0 Å². The summed E-state index contributed by atoms with van der Waals surface area (Å²) in [5.41, 5.74) is 0. The fourth-order valence-corrected chi connectivity index (χ4v) is 1.36. The van der Waals surface area contributed by atoms with E-state index in [4.69, 9.17) is 9.84 Å². The van der Waals surface area contributed by atoms with E-state index < -0.39 is 0 Å². The molecule has 0 amide bonds. The highest BCUT2D eigenvalue weighted by atomic mass is 16.5. The molecule has 0 radical (unpaired) electrons. The van der Waals surface area contributed by atoms with Crippen LogP contribution in [-0.2, 0) is 4.74 Å². The summed E-state index contributed by atoms with van der Waals surface area (Å²) in [6.45, 7) is 4.40. The van der Waals surface area contributed by atoms with Gasteiger partial charge >= 0.3 is 0 Å². The van der Waals surface area contributed by atoms with Crippen LogP contribution in [0.4, 0.5) is 0 Å². The molecule has 1 aliphatic rings. The first-order valence-corrected chi connectivity index (χ1v) is 4.17. The second-order valence-corrected chi connectivity index (χ2v) is 3.20. The van der Waals surface area contributed by atoms with Crippen molar-refractivity contribution < 1.29 is 9.84 Å². The standard InChI is InChI=1S/C9H16O2/c1-7-6-9(4-3-5-10)11-8(7)2/h3-4,7-10H,5-6H2,1-2H3/b4-3+/t7?,8-,9-/m0/s1. The molecule has 11 heavy (non-hydrogen) atoms. The molecule has 0 bridgehead atoms. The SMILES string of the molecule is CC1C[C@H](/C=C/CO)O[C@H]1C. The van der Waals surface area contributed by atoms with Crippen LogP contribution in [0.2, 0.25) is 0 Å². The van der Waals surface area contributed by atoms with Gasteiger partial charge in [-0.05, 0) is 19.3 Å². The van der Waals surface area contributed by atoms with Gasteiger partial charge in [0.05, 0.1) is 18.8 Å². The molecule has 0 spiro atoms. The van der Waals surface area contributed by atoms with Gasteiger partial charge in [0.25, 0.3) is 0 Å². The maximum Gasteiger partial charge on any atom is 0.0763 e. The van der Waals surface area contributed by atoms with Crippen LogP contribution in [0.25, 0.3) is 0 Å². The van der Waals surface area contributed by atoms with E-state index >= 15 is 0 Å². The predicted molar refractivity (Wildman–Crippen MR) is 44.3 cm³/mol. The maximum absolute atomic E-state index is 8.52. The van der Waals surface area contributed by atoms with Crippen molar-refractivity contribution >= 4 is 0 Å². The minimum atomic E-state index is 0.114. The van der Waals surface area contributed by atoms with Gasteiger partial charge < -0.3 is 9.84 Å². The molecule has 1 saturated heterocycles. The first-order chi connectivity index (χ1) is 5.24. The Morgan fingerprint density at radius 3 is 2.73 bits per heavy atom. The first kappa shape index (κ1) is 8.75. The first-order valence-electron chi connectivity index (χ1n) is 4.17. The molecule has 3 atom stereocenters. The molecule has 2 heteroatoms. The topological polar surface area (TPSA) is 29.5 Å². The third-order valence-corrected chi connectivity index (χ3v) is 2.25. The molecule has 2 nitrogen and oxygen atoms in total. The number of rotatable bonds is 2. The number of aliphatic hydroxyl groups excluding tert-OH is 1. The molecular formula is C9H16O2. The minimum absolute atomic E-state index is 0.114. The molecule has 1 N–H and O–H groups in total. The lowest BCUT2D eigenvalue weighted by Gasteiger charge is -2.06. The van der Waals surface area contributed by atoms with Crippen LogP contribution >= 0.6 is 0 Å². The maximum atomic E-state index is 8.52. The second-order valence-electron chi connectivity index (χ2n) is 3.20. The summed E-state index contributed by atoms with van der Waals surface area (Å²) in [7, 11) is 0. The van der Waals surface area contributed by atoms with Gasteiger partial charge in [-0.3, -0.25) is 0 Å². The van der Waals surface area contributed by atoms with Crippen LogP contribution in [0.1, 0.15) is 20.3 Å². The quantitative estimate of drug-likeness (QED) is 0.611. The Morgan fingerprint density at radius 2 is 2.27 bits per heavy atom. The third-order valence-electron chi connectivity index (χ3n) is 2.25. The zero-order valence-corrected chi connectivity index (χ0v) is 7.16. The third kappa shape index (κ3) is 2.31. The average molecular weight is 156 g/mol. The molecule has 1 fully saturated rings. The molecule has 64 valence electrons. The largest absolute Gasteiger partial charge is 0.392 e. The Labute approximate surface area is 67.9 Å². The van der Waals surface area contributed by atoms with E-state index in [9.17, 15) is 0 Å². The van der Waals surface area contributed by atoms with Crippen LogP contribution in [0, 0.1) is 5.92 Å². The lowest BCUT2D eigenvalue weighted by Crippen LogP contribution is -2.07. The zero-order valence-electron chi connectivity index (χ0n) is 7.16. The summed E-state index contributed by atoms with van der Waals surface area (Å²) in [5, 5.41) is 8.52. The summed E-state index contributed by atoms with van der Waals surface area (Å²) in [4.78, 5) is 0. The molecule has 0 aliphatic carbocycles. The van der Waals surface area contributed by atoms with Gasteiger partial charge in [-0.15, -0.1) is 0 Å². The number of aliphatic hydroxyl groups is 1. The van der Waals surface area contributed by atoms with Crippen molar-refractivity contribution in [2.75, 3.05) is 6.61 Å². The van der Waals surface area contributed by atoms with Gasteiger partial charge in [-0.25, -0.2) is 0 Å². The fourth-order valence-electron chi connectivity index (χ4n) is 1.36. The van der Waals surface area contributed by atoms with E-state index in [1.807, 2.05) is 6.08 Å². The van der Waals surface area contributed by atoms with Crippen molar-refractivity contribution in [3.63, 3.8) is 0 Å². The molecule has 1 unspecified atom stereocenters. The molecule has 1 aliphatic heterocycles. The van der Waals surface area contributed by atoms with E-state index in [0.717, 1.165) is 6.42 Å². The van der Waals surface area contributed by atoms with Gasteiger partial charge in [0.15, 0.2) is 0 Å². The van der Waals surface area contributed by atoms with Crippen molar-refractivity contribution in [1.29, 1.82) is 0 Å². The van der Waals surface area contributed by atoms with E-state index in [2.05, 4.69) is 13.8 Å². The van der Waals surface area contributed by atoms with Crippen molar-refractivity contribution in [2.24, 2.45) is 5.92 Å². The number of hydrogen-bond acceptors (Lipinski definition) is 2. The summed E-state index contributed by atoms with van der Waals surface area (Å²) >= 11 is 0. The van der Waals surface area contributed by atoms with Crippen LogP contribution < -0.4 is 0 Å². The minimum Gasteiger partial charge on any atom is -0.392 e. The van der Waals surface area contributed by atoms with E-state index in [1.54, 1.807) is 6.08 Å². The van der Waals surface area contributed by atoms with Crippen molar-refractivity contribution in [3.05, 3.63) is 12.2 Å². The average Bonchev–Trinajstić information content (AvgIpc) is 2.28. The Bertz CT molecular complexity index is 132. The van der Waals surface area contributed by atoms with E-state index in [1.165, 1.54) is 0 Å². The van der Waals surface area contributed by atoms with Gasteiger partial charge in [-0.2, -0.15) is 0 Å². The second kappa shape index (κ2) is 3.88. The molecule has 1 rings (SSSR count). The molecular weight excluding hydrogens is 140 g/mol. The van der Waals surface area contributed by atoms with E-state index in [0.29, 0.717) is 12.0 Å². The summed E-state index contributed by atoms with van der Waals surface area (Å²) in [5.74, 6) is 0.642. The van der Waals surface area contributed by atoms with Gasteiger partial charge in [0.2, 0.25) is 0 Å². The van der Waals surface area contributed by atoms with Crippen LogP contribution in [0.15, 0.2) is 12.2 Å². The lowest BCUT2D eigenvalue weighted by atomic mass is 10.0. The zero-order chi connectivity index (χ0) is 8.27. The Kier molecular flexibility index (Phi) is 3.09. The predicted octanol–water partition coefficient (Wildman–Crippen LogP) is 1.35. The highest BCUT2D eigenvalue weighted by Crippen LogP contribution is 2.25. The molecule has 0 saturated carbocycles. The number of ether oxygens (including phenoxy) is 1. The smallest absolute Gasteiger partial charge is 0.0763 e. The van der Waals surface area contributed by atoms with Gasteiger partial charge in [-0.1, -0.05) is 19.1 Å². The summed E-state index contributed by atoms with van der Waals surface area (Å²) in [6, 6.07) is 0. The number of hydrogen-bond donors (Lipinski definition) is 1. The Morgan fingerprint density at radius 1 is 1.55 bits per heavy atom. The Balaban J connectivity index is 2.35. The molecule has 1 heterocycles. The van der Waals surface area contributed by atoms with Crippen LogP contribution in [-0.4, -0.2) is 23.9 Å². The summed E-state index contributed by atoms with van der Waals surface area (Å²) < 4.78 is 5.58. The molecule has 0 aromatic rings.